The van der Waals surface area contributed by atoms with Crippen LogP contribution >= 0.6 is 27.5 Å². The first kappa shape index (κ1) is 30.9. The van der Waals surface area contributed by atoms with Crippen molar-refractivity contribution in [1.82, 2.24) is 10.2 Å². The van der Waals surface area contributed by atoms with Gasteiger partial charge in [0.15, 0.2) is 0 Å². The molecule has 0 aliphatic heterocycles. The molecule has 2 aromatic carbocycles. The van der Waals surface area contributed by atoms with Crippen LogP contribution in [0.15, 0.2) is 46.9 Å². The smallest absolute Gasteiger partial charge is 0.242 e. The minimum absolute atomic E-state index is 0.0660. The summed E-state index contributed by atoms with van der Waals surface area (Å²) in [6, 6.07) is 11.6. The molecular weight excluding hydrogens is 582 g/mol. The van der Waals surface area contributed by atoms with Crippen LogP contribution in [0.25, 0.3) is 0 Å². The summed E-state index contributed by atoms with van der Waals surface area (Å²) < 4.78 is 32.2. The van der Waals surface area contributed by atoms with Crippen LogP contribution in [0.2, 0.25) is 5.02 Å². The average molecular weight is 617 g/mol. The average Bonchev–Trinajstić information content (AvgIpc) is 2.84. The molecule has 0 aliphatic rings. The van der Waals surface area contributed by atoms with Crippen LogP contribution in [-0.4, -0.2) is 57.6 Å². The highest BCUT2D eigenvalue weighted by Gasteiger charge is 2.26. The minimum Gasteiger partial charge on any atom is -0.495 e. The molecule has 0 fully saturated rings. The standard InChI is InChI=1S/C26H35BrClN3O5S/c1-5-6-14-29-26(33)19(2)30(18-20-9-7-10-21(27)16-20)25(32)11-8-15-31(37(4,34)35)22-12-13-24(36-3)23(28)17-22/h7,9-10,12-13,16-17,19H,5-6,8,11,14-15,18H2,1-4H3,(H,29,33)/t19-/m1/s1. The van der Waals surface area contributed by atoms with Crippen molar-refractivity contribution in [3.05, 3.63) is 57.5 Å². The normalized spacial score (nSPS) is 12.1. The van der Waals surface area contributed by atoms with Crippen LogP contribution < -0.4 is 14.4 Å². The lowest BCUT2D eigenvalue weighted by atomic mass is 10.1. The summed E-state index contributed by atoms with van der Waals surface area (Å²) in [7, 11) is -2.15. The van der Waals surface area contributed by atoms with Crippen LogP contribution in [-0.2, 0) is 26.2 Å². The van der Waals surface area contributed by atoms with Crippen molar-refractivity contribution in [1.29, 1.82) is 0 Å². The fourth-order valence-corrected chi connectivity index (χ4v) is 5.42. The summed E-state index contributed by atoms with van der Waals surface area (Å²) in [4.78, 5) is 27.7. The first-order valence-corrected chi connectivity index (χ1v) is 15.1. The fourth-order valence-electron chi connectivity index (χ4n) is 3.77. The molecule has 0 aliphatic carbocycles. The lowest BCUT2D eigenvalue weighted by Crippen LogP contribution is -2.48. The summed E-state index contributed by atoms with van der Waals surface area (Å²) in [5, 5.41) is 3.18. The van der Waals surface area contributed by atoms with Gasteiger partial charge in [0.1, 0.15) is 11.8 Å². The zero-order valence-corrected chi connectivity index (χ0v) is 24.8. The van der Waals surface area contributed by atoms with Crippen molar-refractivity contribution >= 4 is 55.1 Å². The third kappa shape index (κ3) is 9.50. The Hall–Kier alpha value is -2.30. The van der Waals surface area contributed by atoms with Gasteiger partial charge in [-0.2, -0.15) is 0 Å². The van der Waals surface area contributed by atoms with Crippen LogP contribution in [0.5, 0.6) is 5.75 Å². The van der Waals surface area contributed by atoms with Gasteiger partial charge in [-0.25, -0.2) is 8.42 Å². The van der Waals surface area contributed by atoms with E-state index < -0.39 is 16.1 Å². The predicted octanol–water partition coefficient (Wildman–Crippen LogP) is 4.99. The van der Waals surface area contributed by atoms with E-state index in [0.717, 1.165) is 29.1 Å². The van der Waals surface area contributed by atoms with E-state index in [0.29, 0.717) is 18.0 Å². The van der Waals surface area contributed by atoms with Crippen LogP contribution in [0.1, 0.15) is 45.1 Å². The van der Waals surface area contributed by atoms with Crippen molar-refractivity contribution in [2.75, 3.05) is 30.8 Å². The number of benzene rings is 2. The molecule has 204 valence electrons. The molecule has 0 saturated carbocycles. The van der Waals surface area contributed by atoms with Gasteiger partial charge in [-0.05, 0) is 55.7 Å². The highest BCUT2D eigenvalue weighted by Crippen LogP contribution is 2.30. The molecule has 0 radical (unpaired) electrons. The third-order valence-electron chi connectivity index (χ3n) is 5.81. The third-order valence-corrected chi connectivity index (χ3v) is 7.80. The molecule has 0 bridgehead atoms. The zero-order chi connectivity index (χ0) is 27.6. The Morgan fingerprint density at radius 1 is 1.16 bits per heavy atom. The lowest BCUT2D eigenvalue weighted by Gasteiger charge is -2.29. The Kier molecular flexibility index (Phi) is 12.2. The SMILES string of the molecule is CCCCNC(=O)[C@@H](C)N(Cc1cccc(Br)c1)C(=O)CCCN(c1ccc(OC)c(Cl)c1)S(C)(=O)=O. The number of nitrogens with zero attached hydrogens (tertiary/aromatic N) is 2. The highest BCUT2D eigenvalue weighted by molar-refractivity contribution is 9.10. The maximum absolute atomic E-state index is 13.3. The fraction of sp³-hybridized carbons (Fsp3) is 0.462. The number of halogens is 2. The van der Waals surface area contributed by atoms with E-state index in [1.54, 1.807) is 19.1 Å². The molecule has 1 N–H and O–H groups in total. The molecule has 0 aromatic heterocycles. The maximum Gasteiger partial charge on any atom is 0.242 e. The molecule has 37 heavy (non-hydrogen) atoms. The van der Waals surface area contributed by atoms with Gasteiger partial charge in [0.2, 0.25) is 21.8 Å². The molecule has 11 heteroatoms. The number of unbranched alkanes of at least 4 members (excludes halogenated alkanes) is 1. The van der Waals surface area contributed by atoms with Crippen molar-refractivity contribution in [3.8, 4) is 5.75 Å². The van der Waals surface area contributed by atoms with E-state index in [9.17, 15) is 18.0 Å². The highest BCUT2D eigenvalue weighted by atomic mass is 79.9. The Balaban J connectivity index is 2.17. The van der Waals surface area contributed by atoms with Crippen molar-refractivity contribution in [2.45, 2.75) is 52.1 Å². The van der Waals surface area contributed by atoms with Gasteiger partial charge in [-0.15, -0.1) is 0 Å². The summed E-state index contributed by atoms with van der Waals surface area (Å²) in [6.45, 7) is 4.63. The van der Waals surface area contributed by atoms with Gasteiger partial charge in [-0.1, -0.05) is 53.0 Å². The zero-order valence-electron chi connectivity index (χ0n) is 21.7. The second-order valence-electron chi connectivity index (χ2n) is 8.73. The van der Waals surface area contributed by atoms with Crippen LogP contribution in [0.3, 0.4) is 0 Å². The van der Waals surface area contributed by atoms with Gasteiger partial charge in [0, 0.05) is 30.5 Å². The number of amides is 2. The quantitative estimate of drug-likeness (QED) is 0.302. The molecule has 8 nitrogen and oxygen atoms in total. The van der Waals surface area contributed by atoms with Crippen molar-refractivity contribution in [2.24, 2.45) is 0 Å². The lowest BCUT2D eigenvalue weighted by molar-refractivity contribution is -0.140. The molecule has 0 saturated heterocycles. The van der Waals surface area contributed by atoms with E-state index in [2.05, 4.69) is 21.2 Å². The monoisotopic (exact) mass is 615 g/mol. The molecular formula is C26H35BrClN3O5S. The van der Waals surface area contributed by atoms with E-state index in [4.69, 9.17) is 16.3 Å². The molecule has 2 aromatic rings. The van der Waals surface area contributed by atoms with Gasteiger partial charge in [0.25, 0.3) is 0 Å². The number of hydrogen-bond acceptors (Lipinski definition) is 5. The number of carbonyl (C=O) groups is 2. The minimum atomic E-state index is -3.63. The molecule has 0 spiro atoms. The number of sulfonamides is 1. The second-order valence-corrected chi connectivity index (χ2v) is 12.0. The molecule has 1 atom stereocenters. The first-order valence-electron chi connectivity index (χ1n) is 12.1. The molecule has 0 unspecified atom stereocenters. The number of carbonyl (C=O) groups excluding carboxylic acids is 2. The van der Waals surface area contributed by atoms with Crippen molar-refractivity contribution in [3.63, 3.8) is 0 Å². The Morgan fingerprint density at radius 2 is 1.89 bits per heavy atom. The largest absolute Gasteiger partial charge is 0.495 e. The number of rotatable bonds is 14. The summed E-state index contributed by atoms with van der Waals surface area (Å²) in [5.41, 5.74) is 1.26. The number of anilines is 1. The summed E-state index contributed by atoms with van der Waals surface area (Å²) >= 11 is 9.65. The van der Waals surface area contributed by atoms with E-state index >= 15 is 0 Å². The van der Waals surface area contributed by atoms with Crippen molar-refractivity contribution < 1.29 is 22.7 Å². The van der Waals surface area contributed by atoms with Gasteiger partial charge < -0.3 is 15.0 Å². The van der Waals surface area contributed by atoms with Gasteiger partial charge in [0.05, 0.1) is 24.1 Å². The predicted molar refractivity (Wildman–Crippen MR) is 151 cm³/mol. The Labute approximate surface area is 233 Å². The summed E-state index contributed by atoms with van der Waals surface area (Å²) in [5.74, 6) is -0.0230. The Bertz CT molecular complexity index is 1180. The van der Waals surface area contributed by atoms with Crippen LogP contribution in [0, 0.1) is 0 Å². The number of methoxy groups -OCH3 is 1. The van der Waals surface area contributed by atoms with Gasteiger partial charge >= 0.3 is 0 Å². The van der Waals surface area contributed by atoms with E-state index in [1.165, 1.54) is 22.4 Å². The first-order chi connectivity index (χ1) is 17.5. The second kappa shape index (κ2) is 14.6. The number of ether oxygens (including phenoxy) is 1. The topological polar surface area (TPSA) is 96.0 Å². The van der Waals surface area contributed by atoms with Gasteiger partial charge in [-0.3, -0.25) is 13.9 Å². The summed E-state index contributed by atoms with van der Waals surface area (Å²) in [6.07, 6.45) is 3.24. The van der Waals surface area contributed by atoms with E-state index in [1.807, 2.05) is 31.2 Å². The molecule has 2 rings (SSSR count). The maximum atomic E-state index is 13.3. The van der Waals surface area contributed by atoms with E-state index in [-0.39, 0.29) is 42.8 Å². The van der Waals surface area contributed by atoms with Crippen LogP contribution in [0.4, 0.5) is 5.69 Å². The Morgan fingerprint density at radius 3 is 2.49 bits per heavy atom. The molecule has 0 heterocycles. The number of hydrogen-bond donors (Lipinski definition) is 1. The number of nitrogens with one attached hydrogen (secondary N) is 1. The molecule has 2 amide bonds.